The van der Waals surface area contributed by atoms with Crippen molar-refractivity contribution in [1.82, 2.24) is 4.57 Å². The molecule has 1 aromatic carbocycles. The van der Waals surface area contributed by atoms with E-state index in [1.165, 1.54) is 4.57 Å². The number of hydrogen-bond acceptors (Lipinski definition) is 3. The van der Waals surface area contributed by atoms with Crippen molar-refractivity contribution < 1.29 is 9.90 Å². The minimum atomic E-state index is -0.189. The van der Waals surface area contributed by atoms with Gasteiger partial charge in [0, 0.05) is 11.6 Å². The van der Waals surface area contributed by atoms with Gasteiger partial charge < -0.3 is 10.8 Å². The average molecular weight is 253 g/mol. The largest absolute Gasteiger partial charge is 0.508 e. The predicted octanol–water partition coefficient (Wildman–Crippen LogP) is 1.73. The maximum absolute atomic E-state index is 11.7. The third-order valence-corrected chi connectivity index (χ3v) is 2.90. The molecule has 90 valence electrons. The second-order valence-corrected chi connectivity index (χ2v) is 4.06. The van der Waals surface area contributed by atoms with Crippen LogP contribution in [0.1, 0.15) is 10.4 Å². The molecule has 3 N–H and O–H groups in total. The zero-order valence-corrected chi connectivity index (χ0v) is 9.94. The SMILES string of the molecule is NCCc1cn(C(=O)CCl)c2ccc(O)cc12. The summed E-state index contributed by atoms with van der Waals surface area (Å²) in [7, 11) is 0. The summed E-state index contributed by atoms with van der Waals surface area (Å²) in [5.74, 6) is -0.0929. The fraction of sp³-hybridized carbons (Fsp3) is 0.250. The number of hydrogen-bond donors (Lipinski definition) is 2. The number of carbonyl (C=O) groups excluding carboxylic acids is 1. The number of nitrogens with two attached hydrogens (primary N) is 1. The molecule has 0 spiro atoms. The van der Waals surface area contributed by atoms with Gasteiger partial charge in [0.1, 0.15) is 11.6 Å². The monoisotopic (exact) mass is 252 g/mol. The van der Waals surface area contributed by atoms with Crippen LogP contribution >= 0.6 is 11.6 Å². The number of halogens is 1. The Kier molecular flexibility index (Phi) is 3.36. The number of aromatic hydroxyl groups is 1. The van der Waals surface area contributed by atoms with E-state index in [0.717, 1.165) is 16.5 Å². The van der Waals surface area contributed by atoms with Gasteiger partial charge in [-0.3, -0.25) is 9.36 Å². The zero-order valence-electron chi connectivity index (χ0n) is 9.19. The van der Waals surface area contributed by atoms with Crippen molar-refractivity contribution in [3.63, 3.8) is 0 Å². The van der Waals surface area contributed by atoms with Crippen LogP contribution < -0.4 is 5.73 Å². The number of benzene rings is 1. The molecule has 1 heterocycles. The molecule has 0 aliphatic rings. The molecule has 0 bridgehead atoms. The van der Waals surface area contributed by atoms with E-state index in [1.807, 2.05) is 0 Å². The Morgan fingerprint density at radius 3 is 2.88 bits per heavy atom. The van der Waals surface area contributed by atoms with Crippen LogP contribution in [-0.2, 0) is 6.42 Å². The Bertz CT molecular complexity index is 563. The van der Waals surface area contributed by atoms with Crippen molar-refractivity contribution in [3.8, 4) is 5.75 Å². The highest BCUT2D eigenvalue weighted by atomic mass is 35.5. The molecule has 17 heavy (non-hydrogen) atoms. The van der Waals surface area contributed by atoms with E-state index in [9.17, 15) is 9.90 Å². The average Bonchev–Trinajstić information content (AvgIpc) is 2.67. The highest BCUT2D eigenvalue weighted by Gasteiger charge is 2.12. The van der Waals surface area contributed by atoms with E-state index in [0.29, 0.717) is 13.0 Å². The minimum absolute atomic E-state index is 0.0767. The van der Waals surface area contributed by atoms with Crippen LogP contribution in [0.5, 0.6) is 5.75 Å². The lowest BCUT2D eigenvalue weighted by molar-refractivity contribution is 0.0945. The van der Waals surface area contributed by atoms with Gasteiger partial charge in [0.2, 0.25) is 5.91 Å². The molecule has 2 aromatic rings. The molecule has 0 saturated carbocycles. The van der Waals surface area contributed by atoms with Crippen molar-refractivity contribution in [3.05, 3.63) is 30.0 Å². The molecule has 0 unspecified atom stereocenters. The Hall–Kier alpha value is -1.52. The summed E-state index contributed by atoms with van der Waals surface area (Å²) < 4.78 is 1.51. The van der Waals surface area contributed by atoms with E-state index in [1.54, 1.807) is 24.4 Å². The van der Waals surface area contributed by atoms with Crippen LogP contribution in [0.4, 0.5) is 0 Å². The van der Waals surface area contributed by atoms with Gasteiger partial charge in [0.15, 0.2) is 0 Å². The van der Waals surface area contributed by atoms with Gasteiger partial charge in [0.05, 0.1) is 5.52 Å². The normalized spacial score (nSPS) is 10.9. The zero-order chi connectivity index (χ0) is 12.4. The summed E-state index contributed by atoms with van der Waals surface area (Å²) >= 11 is 5.56. The molecule has 0 atom stereocenters. The quantitative estimate of drug-likeness (QED) is 0.818. The van der Waals surface area contributed by atoms with E-state index < -0.39 is 0 Å². The van der Waals surface area contributed by atoms with Gasteiger partial charge in [-0.25, -0.2) is 0 Å². The number of carbonyl (C=O) groups is 1. The first-order valence-electron chi connectivity index (χ1n) is 5.29. The molecule has 0 saturated heterocycles. The van der Waals surface area contributed by atoms with Gasteiger partial charge in [0.25, 0.3) is 0 Å². The second-order valence-electron chi connectivity index (χ2n) is 3.79. The summed E-state index contributed by atoms with van der Waals surface area (Å²) in [5.41, 5.74) is 7.21. The Balaban J connectivity index is 2.66. The first-order valence-corrected chi connectivity index (χ1v) is 5.83. The Morgan fingerprint density at radius 1 is 1.47 bits per heavy atom. The number of alkyl halides is 1. The van der Waals surface area contributed by atoms with Crippen molar-refractivity contribution in [2.75, 3.05) is 12.4 Å². The molecular formula is C12H13ClN2O2. The maximum atomic E-state index is 11.7. The minimum Gasteiger partial charge on any atom is -0.508 e. The molecule has 0 amide bonds. The number of aromatic nitrogens is 1. The topological polar surface area (TPSA) is 68.2 Å². The van der Waals surface area contributed by atoms with E-state index in [-0.39, 0.29) is 17.5 Å². The summed E-state index contributed by atoms with van der Waals surface area (Å²) in [5, 5.41) is 10.3. The van der Waals surface area contributed by atoms with Crippen LogP contribution in [0.2, 0.25) is 0 Å². The highest BCUT2D eigenvalue weighted by Crippen LogP contribution is 2.25. The number of fused-ring (bicyclic) bond motifs is 1. The van der Waals surface area contributed by atoms with Crippen LogP contribution in [-0.4, -0.2) is 28.0 Å². The molecule has 0 radical (unpaired) electrons. The molecule has 0 fully saturated rings. The van der Waals surface area contributed by atoms with E-state index in [4.69, 9.17) is 17.3 Å². The summed E-state index contributed by atoms with van der Waals surface area (Å²) in [6.07, 6.45) is 2.39. The smallest absolute Gasteiger partial charge is 0.245 e. The second kappa shape index (κ2) is 4.77. The van der Waals surface area contributed by atoms with Gasteiger partial charge in [-0.1, -0.05) is 0 Å². The summed E-state index contributed by atoms with van der Waals surface area (Å²) in [6.45, 7) is 0.490. The van der Waals surface area contributed by atoms with E-state index in [2.05, 4.69) is 0 Å². The van der Waals surface area contributed by atoms with Crippen molar-refractivity contribution in [2.24, 2.45) is 5.73 Å². The Morgan fingerprint density at radius 2 is 2.24 bits per heavy atom. The van der Waals surface area contributed by atoms with Crippen LogP contribution in [0, 0.1) is 0 Å². The van der Waals surface area contributed by atoms with E-state index >= 15 is 0 Å². The molecule has 5 heteroatoms. The molecule has 2 rings (SSSR count). The van der Waals surface area contributed by atoms with Crippen molar-refractivity contribution in [2.45, 2.75) is 6.42 Å². The standard InChI is InChI=1S/C12H13ClN2O2/c13-6-12(17)15-7-8(3-4-14)10-5-9(16)1-2-11(10)15/h1-2,5,7,16H,3-4,6,14H2. The molecule has 0 aliphatic carbocycles. The summed E-state index contributed by atoms with van der Waals surface area (Å²) in [6, 6.07) is 4.89. The lowest BCUT2D eigenvalue weighted by Gasteiger charge is -2.00. The lowest BCUT2D eigenvalue weighted by Crippen LogP contribution is -2.10. The molecule has 1 aromatic heterocycles. The lowest BCUT2D eigenvalue weighted by atomic mass is 10.1. The number of phenols is 1. The van der Waals surface area contributed by atoms with Gasteiger partial charge in [-0.15, -0.1) is 11.6 Å². The van der Waals surface area contributed by atoms with Crippen LogP contribution in [0.25, 0.3) is 10.9 Å². The van der Waals surface area contributed by atoms with Gasteiger partial charge >= 0.3 is 0 Å². The number of nitrogens with zero attached hydrogens (tertiary/aromatic N) is 1. The molecule has 0 aliphatic heterocycles. The number of phenolic OH excluding ortho intramolecular Hbond substituents is 1. The fourth-order valence-electron chi connectivity index (χ4n) is 1.91. The summed E-state index contributed by atoms with van der Waals surface area (Å²) in [4.78, 5) is 11.7. The van der Waals surface area contributed by atoms with Crippen LogP contribution in [0.3, 0.4) is 0 Å². The van der Waals surface area contributed by atoms with Gasteiger partial charge in [-0.2, -0.15) is 0 Å². The Labute approximate surface area is 104 Å². The van der Waals surface area contributed by atoms with Crippen LogP contribution in [0.15, 0.2) is 24.4 Å². The number of rotatable bonds is 3. The maximum Gasteiger partial charge on any atom is 0.245 e. The highest BCUT2D eigenvalue weighted by molar-refractivity contribution is 6.28. The van der Waals surface area contributed by atoms with Gasteiger partial charge in [-0.05, 0) is 36.7 Å². The molecule has 4 nitrogen and oxygen atoms in total. The first kappa shape index (κ1) is 12.0. The fourth-order valence-corrected chi connectivity index (χ4v) is 2.04. The predicted molar refractivity (Wildman–Crippen MR) is 67.7 cm³/mol. The third kappa shape index (κ3) is 2.14. The van der Waals surface area contributed by atoms with Crippen molar-refractivity contribution in [1.29, 1.82) is 0 Å². The van der Waals surface area contributed by atoms with Crippen molar-refractivity contribution >= 4 is 28.4 Å². The third-order valence-electron chi connectivity index (χ3n) is 2.67. The molecular weight excluding hydrogens is 240 g/mol. The first-order chi connectivity index (χ1) is 8.17.